The first-order chi connectivity index (χ1) is 15.5. The van der Waals surface area contributed by atoms with E-state index in [9.17, 15) is 14.7 Å². The smallest absolute Gasteiger partial charge is 0.255 e. The number of piperidine rings is 1. The van der Waals surface area contributed by atoms with Gasteiger partial charge in [-0.3, -0.25) is 9.59 Å². The number of benzene rings is 2. The minimum Gasteiger partial charge on any atom is -0.396 e. The largest absolute Gasteiger partial charge is 0.396 e. The highest BCUT2D eigenvalue weighted by Gasteiger charge is 2.33. The van der Waals surface area contributed by atoms with Gasteiger partial charge in [-0.1, -0.05) is 48.5 Å². The average Bonchev–Trinajstić information content (AvgIpc) is 3.14. The monoisotopic (exact) mass is 431 g/mol. The minimum absolute atomic E-state index is 0.0235. The number of carbonyl (C=O) groups excluding carboxylic acids is 2. The number of nitrogens with one attached hydrogen (secondary N) is 1. The average molecular weight is 432 g/mol. The van der Waals surface area contributed by atoms with Crippen molar-refractivity contribution in [2.75, 3.05) is 19.7 Å². The number of likely N-dealkylation sites (tertiary alicyclic amines) is 1. The second-order valence-electron chi connectivity index (χ2n) is 8.38. The molecular weight excluding hydrogens is 402 g/mol. The Balaban J connectivity index is 1.54. The van der Waals surface area contributed by atoms with Crippen LogP contribution in [0.5, 0.6) is 0 Å². The highest BCUT2D eigenvalue weighted by Crippen LogP contribution is 2.27. The number of hydrogen-bond acceptors (Lipinski definition) is 3. The zero-order valence-electron chi connectivity index (χ0n) is 18.5. The Morgan fingerprint density at radius 1 is 1.06 bits per heavy atom. The van der Waals surface area contributed by atoms with E-state index in [0.717, 1.165) is 17.0 Å². The first-order valence-electron chi connectivity index (χ1n) is 11.0. The SMILES string of the molecule is Cc1c(C(=O)N2CCC(CO)C(NC(=O)c3ccccc3)C2)cc(-c2ccccc2)n1C. The number of aromatic nitrogens is 1. The molecule has 2 N–H and O–H groups in total. The van der Waals surface area contributed by atoms with Gasteiger partial charge < -0.3 is 19.9 Å². The third kappa shape index (κ3) is 4.32. The first-order valence-corrected chi connectivity index (χ1v) is 11.0. The molecule has 3 aromatic rings. The Morgan fingerprint density at radius 2 is 1.72 bits per heavy atom. The van der Waals surface area contributed by atoms with Crippen molar-refractivity contribution < 1.29 is 14.7 Å². The predicted molar refractivity (Wildman–Crippen MR) is 124 cm³/mol. The molecule has 0 saturated carbocycles. The molecule has 4 rings (SSSR count). The molecule has 1 fully saturated rings. The Labute approximate surface area is 188 Å². The van der Waals surface area contributed by atoms with Gasteiger partial charge in [0.15, 0.2) is 0 Å². The van der Waals surface area contributed by atoms with Gasteiger partial charge in [-0.2, -0.15) is 0 Å². The molecule has 166 valence electrons. The lowest BCUT2D eigenvalue weighted by atomic mass is 9.91. The van der Waals surface area contributed by atoms with Crippen molar-refractivity contribution in [1.82, 2.24) is 14.8 Å². The fourth-order valence-electron chi connectivity index (χ4n) is 4.38. The molecule has 6 nitrogen and oxygen atoms in total. The molecule has 1 saturated heterocycles. The van der Waals surface area contributed by atoms with Crippen molar-refractivity contribution in [3.05, 3.63) is 83.6 Å². The maximum Gasteiger partial charge on any atom is 0.255 e. The van der Waals surface area contributed by atoms with Gasteiger partial charge in [0.2, 0.25) is 0 Å². The van der Waals surface area contributed by atoms with Gasteiger partial charge in [-0.25, -0.2) is 0 Å². The quantitative estimate of drug-likeness (QED) is 0.651. The van der Waals surface area contributed by atoms with E-state index < -0.39 is 0 Å². The highest BCUT2D eigenvalue weighted by atomic mass is 16.3. The maximum absolute atomic E-state index is 13.5. The second-order valence-corrected chi connectivity index (χ2v) is 8.38. The van der Waals surface area contributed by atoms with Crippen molar-refractivity contribution in [3.63, 3.8) is 0 Å². The summed E-state index contributed by atoms with van der Waals surface area (Å²) in [7, 11) is 1.97. The van der Waals surface area contributed by atoms with E-state index in [-0.39, 0.29) is 30.4 Å². The number of rotatable bonds is 5. The Morgan fingerprint density at radius 3 is 2.38 bits per heavy atom. The fourth-order valence-corrected chi connectivity index (χ4v) is 4.38. The van der Waals surface area contributed by atoms with Crippen LogP contribution in [0.4, 0.5) is 0 Å². The van der Waals surface area contributed by atoms with Crippen molar-refractivity contribution >= 4 is 11.8 Å². The van der Waals surface area contributed by atoms with E-state index >= 15 is 0 Å². The van der Waals surface area contributed by atoms with Crippen LogP contribution in [0.3, 0.4) is 0 Å². The summed E-state index contributed by atoms with van der Waals surface area (Å²) in [4.78, 5) is 27.9. The van der Waals surface area contributed by atoms with Gasteiger partial charge in [0.05, 0.1) is 11.6 Å². The number of aliphatic hydroxyl groups is 1. The molecule has 6 heteroatoms. The molecule has 0 bridgehead atoms. The Bertz CT molecular complexity index is 1090. The van der Waals surface area contributed by atoms with Crippen molar-refractivity contribution in [1.29, 1.82) is 0 Å². The van der Waals surface area contributed by atoms with Crippen LogP contribution in [0.1, 0.15) is 32.8 Å². The van der Waals surface area contributed by atoms with Crippen LogP contribution in [0.25, 0.3) is 11.3 Å². The van der Waals surface area contributed by atoms with Crippen molar-refractivity contribution in [3.8, 4) is 11.3 Å². The van der Waals surface area contributed by atoms with Gasteiger partial charge >= 0.3 is 0 Å². The third-order valence-corrected chi connectivity index (χ3v) is 6.47. The molecule has 2 unspecified atom stereocenters. The Kier molecular flexibility index (Phi) is 6.42. The van der Waals surface area contributed by atoms with Crippen LogP contribution in [-0.2, 0) is 7.05 Å². The van der Waals surface area contributed by atoms with Gasteiger partial charge in [0, 0.05) is 49.6 Å². The number of aliphatic hydroxyl groups excluding tert-OH is 1. The molecular formula is C26H29N3O3. The third-order valence-electron chi connectivity index (χ3n) is 6.47. The topological polar surface area (TPSA) is 74.6 Å². The number of amides is 2. The zero-order chi connectivity index (χ0) is 22.7. The summed E-state index contributed by atoms with van der Waals surface area (Å²) >= 11 is 0. The van der Waals surface area contributed by atoms with Crippen LogP contribution in [-0.4, -0.2) is 52.1 Å². The van der Waals surface area contributed by atoms with Crippen LogP contribution in [0, 0.1) is 12.8 Å². The molecule has 2 atom stereocenters. The lowest BCUT2D eigenvalue weighted by molar-refractivity contribution is 0.0541. The summed E-state index contributed by atoms with van der Waals surface area (Å²) < 4.78 is 2.04. The van der Waals surface area contributed by atoms with Gasteiger partial charge in [0.1, 0.15) is 0 Å². The normalized spacial score (nSPS) is 18.4. The molecule has 1 aliphatic rings. The standard InChI is InChI=1S/C26H29N3O3/c1-18-22(15-24(28(18)2)19-9-5-3-6-10-19)26(32)29-14-13-21(17-30)23(16-29)27-25(31)20-11-7-4-8-12-20/h3-12,15,21,23,30H,13-14,16-17H2,1-2H3,(H,27,31). The highest BCUT2D eigenvalue weighted by molar-refractivity contribution is 5.97. The molecule has 0 spiro atoms. The lowest BCUT2D eigenvalue weighted by Gasteiger charge is -2.38. The summed E-state index contributed by atoms with van der Waals surface area (Å²) in [6, 6.07) is 20.7. The molecule has 0 radical (unpaired) electrons. The Hall–Kier alpha value is -3.38. The molecule has 1 aliphatic heterocycles. The predicted octanol–water partition coefficient (Wildman–Crippen LogP) is 3.25. The van der Waals surface area contributed by atoms with E-state index in [1.807, 2.05) is 73.1 Å². The van der Waals surface area contributed by atoms with E-state index in [0.29, 0.717) is 30.6 Å². The summed E-state index contributed by atoms with van der Waals surface area (Å²) in [5, 5.41) is 12.9. The summed E-state index contributed by atoms with van der Waals surface area (Å²) in [6.45, 7) is 2.85. The lowest BCUT2D eigenvalue weighted by Crippen LogP contribution is -2.55. The summed E-state index contributed by atoms with van der Waals surface area (Å²) in [6.07, 6.45) is 0.638. The molecule has 32 heavy (non-hydrogen) atoms. The zero-order valence-corrected chi connectivity index (χ0v) is 18.5. The number of hydrogen-bond donors (Lipinski definition) is 2. The van der Waals surface area contributed by atoms with Gasteiger partial charge in [-0.05, 0) is 37.1 Å². The molecule has 0 aliphatic carbocycles. The maximum atomic E-state index is 13.5. The summed E-state index contributed by atoms with van der Waals surface area (Å²) in [5.74, 6) is -0.315. The molecule has 1 aromatic heterocycles. The second kappa shape index (κ2) is 9.40. The summed E-state index contributed by atoms with van der Waals surface area (Å²) in [5.41, 5.74) is 4.19. The molecule has 2 heterocycles. The van der Waals surface area contributed by atoms with E-state index in [4.69, 9.17) is 0 Å². The fraction of sp³-hybridized carbons (Fsp3) is 0.308. The molecule has 2 amide bonds. The van der Waals surface area contributed by atoms with Crippen LogP contribution in [0.15, 0.2) is 66.7 Å². The van der Waals surface area contributed by atoms with Gasteiger partial charge in [0.25, 0.3) is 11.8 Å². The number of nitrogens with zero attached hydrogens (tertiary/aromatic N) is 2. The number of carbonyl (C=O) groups is 2. The first kappa shape index (κ1) is 21.8. The van der Waals surface area contributed by atoms with Crippen LogP contribution < -0.4 is 5.32 Å². The van der Waals surface area contributed by atoms with E-state index in [1.165, 1.54) is 0 Å². The van der Waals surface area contributed by atoms with Crippen LogP contribution >= 0.6 is 0 Å². The van der Waals surface area contributed by atoms with Crippen LogP contribution in [0.2, 0.25) is 0 Å². The molecule has 2 aromatic carbocycles. The van der Waals surface area contributed by atoms with E-state index in [2.05, 4.69) is 5.32 Å². The van der Waals surface area contributed by atoms with E-state index in [1.54, 1.807) is 17.0 Å². The minimum atomic E-state index is -0.303. The van der Waals surface area contributed by atoms with Gasteiger partial charge in [-0.15, -0.1) is 0 Å². The van der Waals surface area contributed by atoms with Crippen molar-refractivity contribution in [2.45, 2.75) is 19.4 Å². The van der Waals surface area contributed by atoms with Crippen molar-refractivity contribution in [2.24, 2.45) is 13.0 Å².